The molecule has 3 amide bonds. The molecule has 3 rings (SSSR count). The second-order valence-corrected chi connectivity index (χ2v) is 11.2. The number of carbonyl (C=O) groups is 3. The van der Waals surface area contributed by atoms with E-state index in [1.807, 2.05) is 69.3 Å². The third-order valence-electron chi connectivity index (χ3n) is 6.56. The smallest absolute Gasteiger partial charge is 0.408 e. The quantitative estimate of drug-likeness (QED) is 0.280. The molecule has 2 atom stereocenters. The van der Waals surface area contributed by atoms with E-state index in [1.54, 1.807) is 37.8 Å². The van der Waals surface area contributed by atoms with Crippen molar-refractivity contribution in [3.63, 3.8) is 0 Å². The lowest BCUT2D eigenvalue weighted by Gasteiger charge is -2.35. The number of hydrogen-bond donors (Lipinski definition) is 3. The number of nitrogens with one attached hydrogen (secondary N) is 2. The summed E-state index contributed by atoms with van der Waals surface area (Å²) in [4.78, 5) is 42.8. The molecule has 218 valence electrons. The topological polar surface area (TPSA) is 108 Å². The van der Waals surface area contributed by atoms with Gasteiger partial charge in [0.25, 0.3) is 5.91 Å². The minimum atomic E-state index is -1.03. The third kappa shape index (κ3) is 8.83. The summed E-state index contributed by atoms with van der Waals surface area (Å²) >= 11 is 0. The number of nitrogens with zero attached hydrogens (tertiary/aromatic N) is 1. The van der Waals surface area contributed by atoms with E-state index in [0.29, 0.717) is 17.7 Å². The number of phenols is 1. The van der Waals surface area contributed by atoms with Crippen LogP contribution in [0.5, 0.6) is 5.75 Å². The molecule has 41 heavy (non-hydrogen) atoms. The van der Waals surface area contributed by atoms with Crippen molar-refractivity contribution in [1.29, 1.82) is 0 Å². The van der Waals surface area contributed by atoms with Crippen LogP contribution in [0, 0.1) is 13.8 Å². The van der Waals surface area contributed by atoms with Crippen LogP contribution in [0.4, 0.5) is 10.5 Å². The summed E-state index contributed by atoms with van der Waals surface area (Å²) < 4.78 is 5.48. The molecular weight excluding hydrogens is 518 g/mol. The van der Waals surface area contributed by atoms with Crippen molar-refractivity contribution in [2.45, 2.75) is 72.1 Å². The summed E-state index contributed by atoms with van der Waals surface area (Å²) in [5, 5.41) is 15.5. The first-order chi connectivity index (χ1) is 19.4. The van der Waals surface area contributed by atoms with Crippen LogP contribution in [-0.4, -0.2) is 46.1 Å². The number of benzene rings is 3. The highest BCUT2D eigenvalue weighted by molar-refractivity contribution is 5.99. The molecule has 3 N–H and O–H groups in total. The molecule has 2 unspecified atom stereocenters. The number of ether oxygens (including phenoxy) is 1. The molecule has 0 aliphatic carbocycles. The molecule has 8 heteroatoms. The number of phenolic OH excluding ortho intramolecular Hbond substituents is 1. The fraction of sp³-hybridized carbons (Fsp3) is 0.364. The predicted molar refractivity (Wildman–Crippen MR) is 161 cm³/mol. The first-order valence-corrected chi connectivity index (χ1v) is 13.9. The number of anilines is 1. The van der Waals surface area contributed by atoms with E-state index in [9.17, 15) is 19.5 Å². The number of alkyl carbamates (subject to hydrolysis) is 1. The van der Waals surface area contributed by atoms with Gasteiger partial charge in [-0.15, -0.1) is 0 Å². The highest BCUT2D eigenvalue weighted by Crippen LogP contribution is 2.28. The van der Waals surface area contributed by atoms with Gasteiger partial charge in [0, 0.05) is 18.7 Å². The minimum Gasteiger partial charge on any atom is -0.508 e. The zero-order valence-electron chi connectivity index (χ0n) is 24.7. The Labute approximate surface area is 242 Å². The maximum absolute atomic E-state index is 14.4. The highest BCUT2D eigenvalue weighted by Gasteiger charge is 2.36. The molecule has 0 fully saturated rings. The fourth-order valence-corrected chi connectivity index (χ4v) is 4.58. The number of amides is 3. The Balaban J connectivity index is 2.05. The van der Waals surface area contributed by atoms with Crippen molar-refractivity contribution in [2.24, 2.45) is 0 Å². The summed E-state index contributed by atoms with van der Waals surface area (Å²) in [6.45, 7) is 11.3. The van der Waals surface area contributed by atoms with Crippen LogP contribution >= 0.6 is 0 Å². The molecule has 0 aromatic heterocycles. The number of para-hydroxylation sites is 1. The Bertz CT molecular complexity index is 1350. The van der Waals surface area contributed by atoms with Crippen LogP contribution in [0.1, 0.15) is 62.4 Å². The van der Waals surface area contributed by atoms with Crippen LogP contribution in [0.25, 0.3) is 0 Å². The van der Waals surface area contributed by atoms with Crippen molar-refractivity contribution >= 4 is 23.6 Å². The zero-order valence-corrected chi connectivity index (χ0v) is 24.7. The van der Waals surface area contributed by atoms with E-state index in [2.05, 4.69) is 10.6 Å². The van der Waals surface area contributed by atoms with E-state index in [1.165, 1.54) is 12.1 Å². The SMILES string of the molecule is CCCN(C(=O)C(Cc1ccc(O)cc1)NC(=O)OC(C)(C)C)C(C(=O)Nc1ccccc1C)c1ccccc1C. The molecule has 3 aromatic carbocycles. The Hall–Kier alpha value is -4.33. The normalized spacial score (nSPS) is 12.6. The number of hydrogen-bond acceptors (Lipinski definition) is 5. The molecule has 8 nitrogen and oxygen atoms in total. The number of carbonyl (C=O) groups excluding carboxylic acids is 3. The average Bonchev–Trinajstić information content (AvgIpc) is 2.90. The lowest BCUT2D eigenvalue weighted by atomic mass is 9.96. The van der Waals surface area contributed by atoms with Crippen molar-refractivity contribution < 1.29 is 24.2 Å². The Morgan fingerprint density at radius 2 is 1.51 bits per heavy atom. The molecule has 0 bridgehead atoms. The number of aryl methyl sites for hydroxylation is 2. The van der Waals surface area contributed by atoms with E-state index >= 15 is 0 Å². The first kappa shape index (κ1) is 31.2. The molecule has 0 heterocycles. The lowest BCUT2D eigenvalue weighted by Crippen LogP contribution is -2.53. The van der Waals surface area contributed by atoms with Gasteiger partial charge in [0.15, 0.2) is 0 Å². The molecule has 3 aromatic rings. The van der Waals surface area contributed by atoms with E-state index < -0.39 is 29.7 Å². The maximum Gasteiger partial charge on any atom is 0.408 e. The van der Waals surface area contributed by atoms with Gasteiger partial charge in [0.2, 0.25) is 5.91 Å². The van der Waals surface area contributed by atoms with Crippen LogP contribution in [0.2, 0.25) is 0 Å². The van der Waals surface area contributed by atoms with Gasteiger partial charge in [-0.25, -0.2) is 4.79 Å². The van der Waals surface area contributed by atoms with Crippen molar-refractivity contribution in [3.05, 3.63) is 95.1 Å². The van der Waals surface area contributed by atoms with Crippen molar-refractivity contribution in [3.8, 4) is 5.75 Å². The summed E-state index contributed by atoms with van der Waals surface area (Å²) in [7, 11) is 0. The lowest BCUT2D eigenvalue weighted by molar-refractivity contribution is -0.140. The number of aromatic hydroxyl groups is 1. The van der Waals surface area contributed by atoms with Crippen LogP contribution < -0.4 is 10.6 Å². The second kappa shape index (κ2) is 13.8. The van der Waals surface area contributed by atoms with Gasteiger partial charge < -0.3 is 25.4 Å². The Morgan fingerprint density at radius 1 is 0.902 bits per heavy atom. The van der Waals surface area contributed by atoms with Gasteiger partial charge in [-0.1, -0.05) is 61.5 Å². The fourth-order valence-electron chi connectivity index (χ4n) is 4.58. The van der Waals surface area contributed by atoms with Gasteiger partial charge >= 0.3 is 6.09 Å². The molecule has 0 saturated heterocycles. The molecular formula is C33H41N3O5. The van der Waals surface area contributed by atoms with E-state index in [0.717, 1.165) is 16.7 Å². The van der Waals surface area contributed by atoms with Crippen LogP contribution in [0.15, 0.2) is 72.8 Å². The van der Waals surface area contributed by atoms with E-state index in [-0.39, 0.29) is 24.6 Å². The van der Waals surface area contributed by atoms with Gasteiger partial charge in [0.1, 0.15) is 23.4 Å². The van der Waals surface area contributed by atoms with Crippen LogP contribution in [0.3, 0.4) is 0 Å². The van der Waals surface area contributed by atoms with Crippen LogP contribution in [-0.2, 0) is 20.7 Å². The summed E-state index contributed by atoms with van der Waals surface area (Å²) in [6, 6.07) is 19.4. The zero-order chi connectivity index (χ0) is 30.2. The van der Waals surface area contributed by atoms with Crippen molar-refractivity contribution in [2.75, 3.05) is 11.9 Å². The van der Waals surface area contributed by atoms with Gasteiger partial charge in [0.05, 0.1) is 0 Å². The minimum absolute atomic E-state index is 0.0943. The first-order valence-electron chi connectivity index (χ1n) is 13.9. The molecule has 0 spiro atoms. The maximum atomic E-state index is 14.4. The molecule has 0 radical (unpaired) electrons. The van der Waals surface area contributed by atoms with E-state index in [4.69, 9.17) is 4.74 Å². The highest BCUT2D eigenvalue weighted by atomic mass is 16.6. The standard InChI is InChI=1S/C33H41N3O5/c1-7-20-36(29(26-14-10-8-12-22(26)2)30(38)34-27-15-11-9-13-23(27)3)31(39)28(35-32(40)41-33(4,5)6)21-24-16-18-25(37)19-17-24/h8-19,28-29,37H,7,20-21H2,1-6H3,(H,34,38)(H,35,40). The second-order valence-electron chi connectivity index (χ2n) is 11.2. The Kier molecular flexibility index (Phi) is 10.5. The molecule has 0 aliphatic heterocycles. The molecule has 0 aliphatic rings. The van der Waals surface area contributed by atoms with Gasteiger partial charge in [-0.2, -0.15) is 0 Å². The summed E-state index contributed by atoms with van der Waals surface area (Å²) in [6.07, 6.45) is -0.00863. The Morgan fingerprint density at radius 3 is 2.10 bits per heavy atom. The average molecular weight is 560 g/mol. The van der Waals surface area contributed by atoms with Gasteiger partial charge in [-0.3, -0.25) is 9.59 Å². The number of rotatable bonds is 10. The van der Waals surface area contributed by atoms with Crippen molar-refractivity contribution in [1.82, 2.24) is 10.2 Å². The van der Waals surface area contributed by atoms with Gasteiger partial charge in [-0.05, 0) is 81.5 Å². The monoisotopic (exact) mass is 559 g/mol. The summed E-state index contributed by atoms with van der Waals surface area (Å²) in [5.74, 6) is -0.674. The molecule has 0 saturated carbocycles. The predicted octanol–water partition coefficient (Wildman–Crippen LogP) is 6.06. The largest absolute Gasteiger partial charge is 0.508 e. The summed E-state index contributed by atoms with van der Waals surface area (Å²) in [5.41, 5.74) is 3.08. The third-order valence-corrected chi connectivity index (χ3v) is 6.56.